The lowest BCUT2D eigenvalue weighted by Crippen LogP contribution is -2.24. The van der Waals surface area contributed by atoms with Crippen molar-refractivity contribution in [2.24, 2.45) is 0 Å². The first-order valence-electron chi connectivity index (χ1n) is 6.38. The lowest BCUT2D eigenvalue weighted by molar-refractivity contribution is 0.0970. The maximum Gasteiger partial charge on any atom is 0.261 e. The number of para-hydroxylation sites is 1. The molecule has 0 aliphatic carbocycles. The van der Waals surface area contributed by atoms with Crippen LogP contribution in [0.25, 0.3) is 10.9 Å². The number of hydrogen-bond acceptors (Lipinski definition) is 3. The molecule has 104 valence electrons. The molecule has 0 bridgehead atoms. The van der Waals surface area contributed by atoms with E-state index in [4.69, 9.17) is 11.6 Å². The Balaban J connectivity index is 1.97. The van der Waals surface area contributed by atoms with Gasteiger partial charge >= 0.3 is 0 Å². The standard InChI is InChI=1S/C16H11ClN2O2/c17-12-5-3-4-11(8-12)15(20)9-19-10-18-14-7-2-1-6-13(14)16(19)21/h1-8,10H,9H2. The highest BCUT2D eigenvalue weighted by Gasteiger charge is 2.10. The molecule has 0 saturated heterocycles. The highest BCUT2D eigenvalue weighted by Crippen LogP contribution is 2.12. The van der Waals surface area contributed by atoms with Gasteiger partial charge in [-0.15, -0.1) is 0 Å². The summed E-state index contributed by atoms with van der Waals surface area (Å²) in [6.07, 6.45) is 1.40. The molecule has 1 aromatic heterocycles. The Kier molecular flexibility index (Phi) is 3.54. The molecular weight excluding hydrogens is 288 g/mol. The van der Waals surface area contributed by atoms with Crippen molar-refractivity contribution in [3.63, 3.8) is 0 Å². The zero-order chi connectivity index (χ0) is 14.8. The third-order valence-electron chi connectivity index (χ3n) is 3.19. The predicted octanol–water partition coefficient (Wildman–Crippen LogP) is 2.93. The summed E-state index contributed by atoms with van der Waals surface area (Å²) < 4.78 is 1.31. The summed E-state index contributed by atoms with van der Waals surface area (Å²) in [6.45, 7) is -0.0585. The highest BCUT2D eigenvalue weighted by atomic mass is 35.5. The highest BCUT2D eigenvalue weighted by molar-refractivity contribution is 6.31. The number of ketones is 1. The molecule has 0 aliphatic rings. The Morgan fingerprint density at radius 3 is 2.76 bits per heavy atom. The van der Waals surface area contributed by atoms with Gasteiger partial charge in [0.2, 0.25) is 0 Å². The molecular formula is C16H11ClN2O2. The van der Waals surface area contributed by atoms with Gasteiger partial charge in [0, 0.05) is 10.6 Å². The molecule has 0 saturated carbocycles. The molecule has 0 aliphatic heterocycles. The molecule has 0 amide bonds. The number of Topliss-reactive ketones (excluding diaryl/α,β-unsaturated/α-hetero) is 1. The number of nitrogens with zero attached hydrogens (tertiary/aromatic N) is 2. The van der Waals surface area contributed by atoms with Crippen molar-refractivity contribution in [1.29, 1.82) is 0 Å². The van der Waals surface area contributed by atoms with Gasteiger partial charge in [-0.1, -0.05) is 35.9 Å². The topological polar surface area (TPSA) is 52.0 Å². The van der Waals surface area contributed by atoms with Crippen LogP contribution < -0.4 is 5.56 Å². The van der Waals surface area contributed by atoms with Crippen molar-refractivity contribution in [3.05, 3.63) is 75.8 Å². The molecule has 0 fully saturated rings. The van der Waals surface area contributed by atoms with Crippen molar-refractivity contribution < 1.29 is 4.79 Å². The van der Waals surface area contributed by atoms with Crippen LogP contribution in [0.15, 0.2) is 59.7 Å². The van der Waals surface area contributed by atoms with Crippen LogP contribution in [0.1, 0.15) is 10.4 Å². The van der Waals surface area contributed by atoms with Crippen LogP contribution >= 0.6 is 11.6 Å². The molecule has 2 aromatic carbocycles. The fourth-order valence-corrected chi connectivity index (χ4v) is 2.32. The maximum absolute atomic E-state index is 12.3. The van der Waals surface area contributed by atoms with Crippen molar-refractivity contribution >= 4 is 28.3 Å². The summed E-state index contributed by atoms with van der Waals surface area (Å²) in [4.78, 5) is 28.7. The number of rotatable bonds is 3. The third kappa shape index (κ3) is 2.71. The van der Waals surface area contributed by atoms with E-state index < -0.39 is 0 Å². The van der Waals surface area contributed by atoms with E-state index in [1.807, 2.05) is 6.07 Å². The van der Waals surface area contributed by atoms with Crippen LogP contribution in [0, 0.1) is 0 Å². The van der Waals surface area contributed by atoms with Crippen LogP contribution in [0.5, 0.6) is 0 Å². The largest absolute Gasteiger partial charge is 0.292 e. The SMILES string of the molecule is O=C(Cn1cnc2ccccc2c1=O)c1cccc(Cl)c1. The summed E-state index contributed by atoms with van der Waals surface area (Å²) in [5.41, 5.74) is 0.868. The summed E-state index contributed by atoms with van der Waals surface area (Å²) in [5.74, 6) is -0.184. The van der Waals surface area contributed by atoms with E-state index in [2.05, 4.69) is 4.98 Å². The molecule has 0 spiro atoms. The van der Waals surface area contributed by atoms with Gasteiger partial charge in [0.25, 0.3) is 5.56 Å². The lowest BCUT2D eigenvalue weighted by Gasteiger charge is -2.06. The average molecular weight is 299 g/mol. The van der Waals surface area contributed by atoms with Gasteiger partial charge in [0.15, 0.2) is 5.78 Å². The number of halogens is 1. The van der Waals surface area contributed by atoms with Crippen molar-refractivity contribution in [3.8, 4) is 0 Å². The predicted molar refractivity (Wildman–Crippen MR) is 81.8 cm³/mol. The van der Waals surface area contributed by atoms with Crippen molar-refractivity contribution in [2.75, 3.05) is 0 Å². The third-order valence-corrected chi connectivity index (χ3v) is 3.43. The molecule has 0 atom stereocenters. The number of fused-ring (bicyclic) bond motifs is 1. The quantitative estimate of drug-likeness (QED) is 0.699. The normalized spacial score (nSPS) is 10.7. The van der Waals surface area contributed by atoms with E-state index in [0.717, 1.165) is 0 Å². The van der Waals surface area contributed by atoms with Crippen molar-refractivity contribution in [1.82, 2.24) is 9.55 Å². The second-order valence-electron chi connectivity index (χ2n) is 4.63. The molecule has 3 rings (SSSR count). The first-order chi connectivity index (χ1) is 10.1. The number of carbonyl (C=O) groups is 1. The zero-order valence-corrected chi connectivity index (χ0v) is 11.7. The molecule has 0 unspecified atom stereocenters. The number of carbonyl (C=O) groups excluding carboxylic acids is 1. The van der Waals surface area contributed by atoms with Crippen molar-refractivity contribution in [2.45, 2.75) is 6.54 Å². The minimum absolute atomic E-state index is 0.0585. The fourth-order valence-electron chi connectivity index (χ4n) is 2.13. The Bertz CT molecular complexity index is 887. The number of hydrogen-bond donors (Lipinski definition) is 0. The number of aromatic nitrogens is 2. The van der Waals surface area contributed by atoms with Gasteiger partial charge in [-0.25, -0.2) is 4.98 Å². The summed E-state index contributed by atoms with van der Waals surface area (Å²) in [7, 11) is 0. The Labute approximate surface area is 125 Å². The molecule has 0 N–H and O–H groups in total. The van der Waals surface area contributed by atoms with E-state index in [1.165, 1.54) is 10.9 Å². The Hall–Kier alpha value is -2.46. The second kappa shape index (κ2) is 5.50. The van der Waals surface area contributed by atoms with Gasteiger partial charge in [-0.3, -0.25) is 14.2 Å². The van der Waals surface area contributed by atoms with Crippen LogP contribution in [-0.2, 0) is 6.54 Å². The van der Waals surface area contributed by atoms with E-state index in [9.17, 15) is 9.59 Å². The van der Waals surface area contributed by atoms with Gasteiger partial charge in [-0.2, -0.15) is 0 Å². The molecule has 4 nitrogen and oxygen atoms in total. The minimum Gasteiger partial charge on any atom is -0.292 e. The zero-order valence-electron chi connectivity index (χ0n) is 11.0. The molecule has 5 heteroatoms. The summed E-state index contributed by atoms with van der Waals surface area (Å²) in [5, 5.41) is 0.990. The Morgan fingerprint density at radius 1 is 1.14 bits per heavy atom. The smallest absolute Gasteiger partial charge is 0.261 e. The molecule has 0 radical (unpaired) electrons. The molecule has 3 aromatic rings. The summed E-state index contributed by atoms with van der Waals surface area (Å²) >= 11 is 5.87. The fraction of sp³-hybridized carbons (Fsp3) is 0.0625. The van der Waals surface area contributed by atoms with Gasteiger partial charge in [0.1, 0.15) is 0 Å². The molecule has 21 heavy (non-hydrogen) atoms. The van der Waals surface area contributed by atoms with Crippen LogP contribution in [0.2, 0.25) is 5.02 Å². The summed E-state index contributed by atoms with van der Waals surface area (Å²) in [6, 6.07) is 13.7. The Morgan fingerprint density at radius 2 is 1.95 bits per heavy atom. The van der Waals surface area contributed by atoms with Gasteiger partial charge in [-0.05, 0) is 24.3 Å². The molecule has 1 heterocycles. The van der Waals surface area contributed by atoms with Gasteiger partial charge in [0.05, 0.1) is 23.8 Å². The van der Waals surface area contributed by atoms with E-state index in [1.54, 1.807) is 42.5 Å². The number of benzene rings is 2. The first kappa shape index (κ1) is 13.5. The maximum atomic E-state index is 12.3. The average Bonchev–Trinajstić information content (AvgIpc) is 2.50. The van der Waals surface area contributed by atoms with E-state index >= 15 is 0 Å². The minimum atomic E-state index is -0.226. The van der Waals surface area contributed by atoms with Crippen LogP contribution in [-0.4, -0.2) is 15.3 Å². The van der Waals surface area contributed by atoms with E-state index in [0.29, 0.717) is 21.5 Å². The first-order valence-corrected chi connectivity index (χ1v) is 6.76. The van der Waals surface area contributed by atoms with E-state index in [-0.39, 0.29) is 17.9 Å². The van der Waals surface area contributed by atoms with Gasteiger partial charge < -0.3 is 0 Å². The van der Waals surface area contributed by atoms with Crippen LogP contribution in [0.3, 0.4) is 0 Å². The second-order valence-corrected chi connectivity index (χ2v) is 5.06. The lowest BCUT2D eigenvalue weighted by atomic mass is 10.1. The monoisotopic (exact) mass is 298 g/mol. The van der Waals surface area contributed by atoms with Crippen LogP contribution in [0.4, 0.5) is 0 Å².